The van der Waals surface area contributed by atoms with E-state index in [2.05, 4.69) is 4.98 Å². The van der Waals surface area contributed by atoms with Crippen molar-refractivity contribution in [1.29, 1.82) is 0 Å². The van der Waals surface area contributed by atoms with Gasteiger partial charge in [0, 0.05) is 23.8 Å². The lowest BCUT2D eigenvalue weighted by molar-refractivity contribution is 0.0696. The molecule has 1 saturated heterocycles. The van der Waals surface area contributed by atoms with Crippen molar-refractivity contribution in [2.24, 2.45) is 0 Å². The van der Waals surface area contributed by atoms with Gasteiger partial charge in [0.25, 0.3) is 0 Å². The van der Waals surface area contributed by atoms with E-state index in [0.29, 0.717) is 18.1 Å². The molecule has 0 amide bonds. The number of aromatic carboxylic acids is 1. The van der Waals surface area contributed by atoms with E-state index >= 15 is 0 Å². The van der Waals surface area contributed by atoms with Crippen molar-refractivity contribution in [2.75, 3.05) is 13.2 Å². The number of imidazole rings is 1. The van der Waals surface area contributed by atoms with Crippen LogP contribution in [0.15, 0.2) is 12.1 Å². The first kappa shape index (κ1) is 14.8. The molecule has 1 fully saturated rings. The first-order valence-corrected chi connectivity index (χ1v) is 7.46. The number of carboxylic acid groups (broad SMARTS) is 1. The van der Waals surface area contributed by atoms with Gasteiger partial charge >= 0.3 is 5.97 Å². The molecule has 0 spiro atoms. The maximum Gasteiger partial charge on any atom is 0.335 e. The summed E-state index contributed by atoms with van der Waals surface area (Å²) in [5.41, 5.74) is 4.81. The average molecular weight is 300 g/mol. The van der Waals surface area contributed by atoms with E-state index < -0.39 is 5.97 Å². The molecule has 5 nitrogen and oxygen atoms in total. The number of rotatable bonds is 3. The third-order valence-electron chi connectivity index (χ3n) is 4.28. The molecule has 3 rings (SSSR count). The Kier molecular flexibility index (Phi) is 3.74. The molecular weight excluding hydrogens is 280 g/mol. The minimum Gasteiger partial charge on any atom is -0.478 e. The van der Waals surface area contributed by atoms with Crippen LogP contribution in [0, 0.1) is 20.8 Å². The minimum atomic E-state index is -0.906. The molecule has 0 bridgehead atoms. The van der Waals surface area contributed by atoms with Gasteiger partial charge in [-0.1, -0.05) is 6.07 Å². The van der Waals surface area contributed by atoms with Crippen LogP contribution in [0.25, 0.3) is 11.3 Å². The number of carbonyl (C=O) groups is 1. The fourth-order valence-electron chi connectivity index (χ4n) is 3.03. The van der Waals surface area contributed by atoms with Crippen LogP contribution in [-0.2, 0) is 4.74 Å². The number of nitrogens with zero attached hydrogens (tertiary/aromatic N) is 1. The molecule has 1 atom stereocenters. The van der Waals surface area contributed by atoms with Gasteiger partial charge in [0.1, 0.15) is 5.82 Å². The Bertz CT molecular complexity index is 728. The largest absolute Gasteiger partial charge is 0.478 e. The van der Waals surface area contributed by atoms with Gasteiger partial charge in [0.15, 0.2) is 0 Å². The summed E-state index contributed by atoms with van der Waals surface area (Å²) in [5.74, 6) is 0.329. The molecule has 116 valence electrons. The predicted octanol–water partition coefficient (Wildman–Crippen LogP) is 3.20. The van der Waals surface area contributed by atoms with Crippen LogP contribution in [0.5, 0.6) is 0 Å². The highest BCUT2D eigenvalue weighted by atomic mass is 16.5. The molecule has 0 aliphatic carbocycles. The summed E-state index contributed by atoms with van der Waals surface area (Å²) in [5, 5.41) is 9.33. The first-order valence-electron chi connectivity index (χ1n) is 7.46. The van der Waals surface area contributed by atoms with Crippen molar-refractivity contribution in [3.8, 4) is 11.3 Å². The summed E-state index contributed by atoms with van der Waals surface area (Å²) in [6, 6.07) is 3.64. The number of carboxylic acids is 1. The Hall–Kier alpha value is -2.14. The number of hydrogen-bond acceptors (Lipinski definition) is 3. The molecule has 0 saturated carbocycles. The number of hydrogen-bond donors (Lipinski definition) is 2. The van der Waals surface area contributed by atoms with Gasteiger partial charge in [0.2, 0.25) is 0 Å². The van der Waals surface area contributed by atoms with E-state index in [1.165, 1.54) is 0 Å². The van der Waals surface area contributed by atoms with Crippen molar-refractivity contribution in [3.63, 3.8) is 0 Å². The SMILES string of the molecule is Cc1cc(C)c(-c2nc(C3CCOC3)[nH]c2C)cc1C(=O)O. The summed E-state index contributed by atoms with van der Waals surface area (Å²) in [4.78, 5) is 19.4. The Morgan fingerprint density at radius 3 is 2.73 bits per heavy atom. The van der Waals surface area contributed by atoms with E-state index in [-0.39, 0.29) is 0 Å². The average Bonchev–Trinajstić information content (AvgIpc) is 3.08. The van der Waals surface area contributed by atoms with Gasteiger partial charge < -0.3 is 14.8 Å². The molecule has 22 heavy (non-hydrogen) atoms. The highest BCUT2D eigenvalue weighted by Gasteiger charge is 2.23. The van der Waals surface area contributed by atoms with Gasteiger partial charge in [-0.25, -0.2) is 9.78 Å². The highest BCUT2D eigenvalue weighted by molar-refractivity contribution is 5.91. The second-order valence-corrected chi connectivity index (χ2v) is 5.94. The molecule has 1 unspecified atom stereocenters. The molecule has 2 heterocycles. The zero-order valence-electron chi connectivity index (χ0n) is 13.1. The van der Waals surface area contributed by atoms with Crippen molar-refractivity contribution in [1.82, 2.24) is 9.97 Å². The zero-order chi connectivity index (χ0) is 15.9. The van der Waals surface area contributed by atoms with E-state index in [4.69, 9.17) is 9.72 Å². The monoisotopic (exact) mass is 300 g/mol. The van der Waals surface area contributed by atoms with Crippen LogP contribution in [0.4, 0.5) is 0 Å². The Balaban J connectivity index is 2.07. The van der Waals surface area contributed by atoms with Crippen molar-refractivity contribution < 1.29 is 14.6 Å². The highest BCUT2D eigenvalue weighted by Crippen LogP contribution is 2.31. The number of aromatic amines is 1. The molecular formula is C17H20N2O3. The molecule has 2 aromatic rings. The van der Waals surface area contributed by atoms with E-state index in [1.54, 1.807) is 6.07 Å². The lowest BCUT2D eigenvalue weighted by Gasteiger charge is -2.09. The Morgan fingerprint density at radius 1 is 1.32 bits per heavy atom. The van der Waals surface area contributed by atoms with Gasteiger partial charge in [-0.05, 0) is 44.4 Å². The Labute approximate surface area is 129 Å². The summed E-state index contributed by atoms with van der Waals surface area (Å²) in [6.45, 7) is 7.24. The zero-order valence-corrected chi connectivity index (χ0v) is 13.1. The predicted molar refractivity (Wildman–Crippen MR) is 83.4 cm³/mol. The molecule has 5 heteroatoms. The Morgan fingerprint density at radius 2 is 2.09 bits per heavy atom. The molecule has 2 N–H and O–H groups in total. The van der Waals surface area contributed by atoms with Crippen LogP contribution in [0.3, 0.4) is 0 Å². The van der Waals surface area contributed by atoms with Crippen molar-refractivity contribution >= 4 is 5.97 Å². The number of aromatic nitrogens is 2. The summed E-state index contributed by atoms with van der Waals surface area (Å²) in [7, 11) is 0. The lowest BCUT2D eigenvalue weighted by atomic mass is 9.97. The minimum absolute atomic E-state index is 0.303. The van der Waals surface area contributed by atoms with Crippen LogP contribution >= 0.6 is 0 Å². The number of benzene rings is 1. The standard InChI is InChI=1S/C17H20N2O3/c1-9-6-10(2)14(17(20)21)7-13(9)15-11(3)18-16(19-15)12-4-5-22-8-12/h6-7,12H,4-5,8H2,1-3H3,(H,18,19)(H,20,21). The van der Waals surface area contributed by atoms with Crippen LogP contribution in [-0.4, -0.2) is 34.3 Å². The second-order valence-electron chi connectivity index (χ2n) is 5.94. The number of nitrogens with one attached hydrogen (secondary N) is 1. The van der Waals surface area contributed by atoms with Gasteiger partial charge in [-0.2, -0.15) is 0 Å². The van der Waals surface area contributed by atoms with Crippen molar-refractivity contribution in [2.45, 2.75) is 33.1 Å². The molecule has 1 aromatic heterocycles. The third kappa shape index (κ3) is 2.52. The first-order chi connectivity index (χ1) is 10.5. The molecule has 0 radical (unpaired) electrons. The maximum atomic E-state index is 11.4. The van der Waals surface area contributed by atoms with E-state index in [9.17, 15) is 9.90 Å². The fraction of sp³-hybridized carbons (Fsp3) is 0.412. The van der Waals surface area contributed by atoms with Gasteiger partial charge in [-0.15, -0.1) is 0 Å². The van der Waals surface area contributed by atoms with Crippen LogP contribution in [0.2, 0.25) is 0 Å². The molecule has 1 aliphatic rings. The van der Waals surface area contributed by atoms with Crippen molar-refractivity contribution in [3.05, 3.63) is 40.3 Å². The van der Waals surface area contributed by atoms with Gasteiger partial charge in [-0.3, -0.25) is 0 Å². The summed E-state index contributed by atoms with van der Waals surface area (Å²) < 4.78 is 5.42. The van der Waals surface area contributed by atoms with E-state index in [1.807, 2.05) is 26.8 Å². The molecule has 1 aromatic carbocycles. The topological polar surface area (TPSA) is 75.2 Å². The van der Waals surface area contributed by atoms with Gasteiger partial charge in [0.05, 0.1) is 17.9 Å². The molecule has 1 aliphatic heterocycles. The second kappa shape index (κ2) is 5.57. The normalized spacial score (nSPS) is 17.9. The van der Waals surface area contributed by atoms with E-state index in [0.717, 1.165) is 46.9 Å². The van der Waals surface area contributed by atoms with Crippen LogP contribution < -0.4 is 0 Å². The summed E-state index contributed by atoms with van der Waals surface area (Å²) in [6.07, 6.45) is 0.972. The number of ether oxygens (including phenoxy) is 1. The third-order valence-corrected chi connectivity index (χ3v) is 4.28. The number of aryl methyl sites for hydroxylation is 3. The fourth-order valence-corrected chi connectivity index (χ4v) is 3.03. The lowest BCUT2D eigenvalue weighted by Crippen LogP contribution is -2.02. The van der Waals surface area contributed by atoms with Crippen LogP contribution in [0.1, 0.15) is 45.3 Å². The quantitative estimate of drug-likeness (QED) is 0.912. The summed E-state index contributed by atoms with van der Waals surface area (Å²) >= 11 is 0. The smallest absolute Gasteiger partial charge is 0.335 e. The maximum absolute atomic E-state index is 11.4. The number of H-pyrrole nitrogens is 1.